The number of hydrogen-bond donors (Lipinski definition) is 1. The predicted molar refractivity (Wildman–Crippen MR) is 96.2 cm³/mol. The lowest BCUT2D eigenvalue weighted by atomic mass is 9.94. The van der Waals surface area contributed by atoms with Crippen molar-refractivity contribution in [2.24, 2.45) is 0 Å². The molecule has 2 aromatic rings. The van der Waals surface area contributed by atoms with Gasteiger partial charge in [0.1, 0.15) is 5.88 Å². The van der Waals surface area contributed by atoms with E-state index in [4.69, 9.17) is 11.6 Å². The fraction of sp³-hybridized carbons (Fsp3) is 0.500. The smallest absolute Gasteiger partial charge is 0.237 e. The number of nitrogens with zero attached hydrogens (tertiary/aromatic N) is 4. The molecule has 0 bridgehead atoms. The molecule has 0 aromatic carbocycles. The molecular formula is C16H20ClN5OS. The molecule has 1 saturated heterocycles. The highest BCUT2D eigenvalue weighted by atomic mass is 35.5. The summed E-state index contributed by atoms with van der Waals surface area (Å²) in [6.07, 6.45) is 5.29. The van der Waals surface area contributed by atoms with E-state index in [1.54, 1.807) is 23.7 Å². The van der Waals surface area contributed by atoms with E-state index in [1.165, 1.54) is 4.88 Å². The van der Waals surface area contributed by atoms with Crippen molar-refractivity contribution < 1.29 is 4.79 Å². The van der Waals surface area contributed by atoms with Crippen LogP contribution in [0.25, 0.3) is 0 Å². The van der Waals surface area contributed by atoms with Crippen molar-refractivity contribution in [3.63, 3.8) is 0 Å². The number of piperidine rings is 1. The molecule has 3 rings (SSSR count). The topological polar surface area (TPSA) is 71.0 Å². The standard InChI is InChI=1S/C16H20ClN5OS/c1-10-11(2)24-16(20-10)21-15-14(18-5-6-19-15)12-4-3-7-22(9-12)13(23)8-17/h5-6,12H,3-4,7-9H2,1-2H3,(H,19,20,21). The maximum absolute atomic E-state index is 11.9. The zero-order chi connectivity index (χ0) is 17.1. The van der Waals surface area contributed by atoms with Gasteiger partial charge >= 0.3 is 0 Å². The zero-order valence-corrected chi connectivity index (χ0v) is 15.3. The second-order valence-corrected chi connectivity index (χ2v) is 7.36. The number of anilines is 2. The summed E-state index contributed by atoms with van der Waals surface area (Å²) < 4.78 is 0. The maximum Gasteiger partial charge on any atom is 0.237 e. The Morgan fingerprint density at radius 1 is 1.42 bits per heavy atom. The van der Waals surface area contributed by atoms with Crippen molar-refractivity contribution in [2.45, 2.75) is 32.6 Å². The molecule has 24 heavy (non-hydrogen) atoms. The Balaban J connectivity index is 1.82. The Labute approximate surface area is 150 Å². The third-order valence-corrected chi connectivity index (χ3v) is 5.47. The quantitative estimate of drug-likeness (QED) is 0.842. The van der Waals surface area contributed by atoms with Crippen LogP contribution in [0.4, 0.5) is 10.9 Å². The number of carbonyl (C=O) groups excluding carboxylic acids is 1. The molecular weight excluding hydrogens is 346 g/mol. The number of alkyl halides is 1. The summed E-state index contributed by atoms with van der Waals surface area (Å²) in [7, 11) is 0. The Kier molecular flexibility index (Phi) is 5.30. The second kappa shape index (κ2) is 7.44. The summed E-state index contributed by atoms with van der Waals surface area (Å²) in [5, 5.41) is 4.11. The van der Waals surface area contributed by atoms with E-state index in [1.807, 2.05) is 18.7 Å². The van der Waals surface area contributed by atoms with E-state index >= 15 is 0 Å². The van der Waals surface area contributed by atoms with E-state index in [0.717, 1.165) is 41.7 Å². The Morgan fingerprint density at radius 2 is 2.21 bits per heavy atom. The third-order valence-electron chi connectivity index (χ3n) is 4.26. The van der Waals surface area contributed by atoms with Crippen LogP contribution in [0.5, 0.6) is 0 Å². The average Bonchev–Trinajstić information content (AvgIpc) is 2.92. The van der Waals surface area contributed by atoms with E-state index < -0.39 is 0 Å². The van der Waals surface area contributed by atoms with Gasteiger partial charge in [0.15, 0.2) is 10.9 Å². The van der Waals surface area contributed by atoms with Crippen LogP contribution in [0.1, 0.15) is 35.0 Å². The summed E-state index contributed by atoms with van der Waals surface area (Å²) in [4.78, 5) is 28.4. The van der Waals surface area contributed by atoms with Crippen LogP contribution in [0, 0.1) is 13.8 Å². The first-order valence-corrected chi connectivity index (χ1v) is 9.29. The summed E-state index contributed by atoms with van der Waals surface area (Å²) in [5.41, 5.74) is 1.90. The number of nitrogens with one attached hydrogen (secondary N) is 1. The van der Waals surface area contributed by atoms with Crippen molar-refractivity contribution in [1.29, 1.82) is 0 Å². The summed E-state index contributed by atoms with van der Waals surface area (Å²) >= 11 is 7.30. The SMILES string of the molecule is Cc1nc(Nc2nccnc2C2CCCN(C(=O)CCl)C2)sc1C. The van der Waals surface area contributed by atoms with Gasteiger partial charge in [0.2, 0.25) is 5.91 Å². The Morgan fingerprint density at radius 3 is 2.92 bits per heavy atom. The molecule has 0 saturated carbocycles. The largest absolute Gasteiger partial charge is 0.341 e. The highest BCUT2D eigenvalue weighted by Crippen LogP contribution is 2.32. The minimum Gasteiger partial charge on any atom is -0.341 e. The predicted octanol–water partition coefficient (Wildman–Crippen LogP) is 3.24. The normalized spacial score (nSPS) is 17.8. The molecule has 6 nitrogen and oxygen atoms in total. The number of carbonyl (C=O) groups is 1. The minimum absolute atomic E-state index is 0.0223. The van der Waals surface area contributed by atoms with Gasteiger partial charge in [-0.25, -0.2) is 9.97 Å². The van der Waals surface area contributed by atoms with Gasteiger partial charge in [0, 0.05) is 36.3 Å². The van der Waals surface area contributed by atoms with Gasteiger partial charge in [0.05, 0.1) is 11.4 Å². The van der Waals surface area contributed by atoms with Crippen LogP contribution in [-0.2, 0) is 4.79 Å². The van der Waals surface area contributed by atoms with Crippen molar-refractivity contribution in [3.05, 3.63) is 28.7 Å². The summed E-state index contributed by atoms with van der Waals surface area (Å²) in [6.45, 7) is 5.43. The lowest BCUT2D eigenvalue weighted by Gasteiger charge is -2.32. The summed E-state index contributed by atoms with van der Waals surface area (Å²) in [6, 6.07) is 0. The lowest BCUT2D eigenvalue weighted by molar-refractivity contribution is -0.129. The monoisotopic (exact) mass is 365 g/mol. The van der Waals surface area contributed by atoms with Crippen LogP contribution < -0.4 is 5.32 Å². The fourth-order valence-electron chi connectivity index (χ4n) is 2.88. The van der Waals surface area contributed by atoms with Crippen LogP contribution >= 0.6 is 22.9 Å². The minimum atomic E-state index is -0.0223. The molecule has 1 aliphatic rings. The molecule has 1 N–H and O–H groups in total. The fourth-order valence-corrected chi connectivity index (χ4v) is 3.87. The molecule has 2 aromatic heterocycles. The van der Waals surface area contributed by atoms with Crippen molar-refractivity contribution >= 4 is 39.8 Å². The van der Waals surface area contributed by atoms with Gasteiger partial charge < -0.3 is 10.2 Å². The number of rotatable bonds is 4. The van der Waals surface area contributed by atoms with Crippen LogP contribution in [0.2, 0.25) is 0 Å². The number of thiazole rings is 1. The molecule has 1 amide bonds. The first-order valence-electron chi connectivity index (χ1n) is 7.94. The highest BCUT2D eigenvalue weighted by molar-refractivity contribution is 7.15. The van der Waals surface area contributed by atoms with Crippen molar-refractivity contribution in [3.8, 4) is 0 Å². The Bertz CT molecular complexity index is 716. The average molecular weight is 366 g/mol. The number of halogens is 1. The van der Waals surface area contributed by atoms with Crippen molar-refractivity contribution in [1.82, 2.24) is 19.9 Å². The van der Waals surface area contributed by atoms with Gasteiger partial charge in [-0.15, -0.1) is 22.9 Å². The summed E-state index contributed by atoms with van der Waals surface area (Å²) in [5.74, 6) is 0.877. The molecule has 128 valence electrons. The first-order chi connectivity index (χ1) is 11.6. The van der Waals surface area contributed by atoms with Gasteiger partial charge in [-0.1, -0.05) is 0 Å². The molecule has 1 fully saturated rings. The Hall–Kier alpha value is -1.73. The molecule has 8 heteroatoms. The molecule has 0 aliphatic carbocycles. The number of hydrogen-bond acceptors (Lipinski definition) is 6. The number of likely N-dealkylation sites (tertiary alicyclic amines) is 1. The lowest BCUT2D eigenvalue weighted by Crippen LogP contribution is -2.40. The van der Waals surface area contributed by atoms with E-state index in [-0.39, 0.29) is 17.7 Å². The maximum atomic E-state index is 11.9. The van der Waals surface area contributed by atoms with Gasteiger partial charge in [-0.2, -0.15) is 0 Å². The molecule has 3 heterocycles. The van der Waals surface area contributed by atoms with Crippen LogP contribution in [0.3, 0.4) is 0 Å². The number of aryl methyl sites for hydroxylation is 2. The molecule has 1 unspecified atom stereocenters. The third kappa shape index (κ3) is 3.67. The molecule has 1 atom stereocenters. The highest BCUT2D eigenvalue weighted by Gasteiger charge is 2.27. The van der Waals surface area contributed by atoms with Gasteiger partial charge in [0.25, 0.3) is 0 Å². The van der Waals surface area contributed by atoms with Gasteiger partial charge in [-0.3, -0.25) is 9.78 Å². The first kappa shape index (κ1) is 17.1. The second-order valence-electron chi connectivity index (χ2n) is 5.89. The van der Waals surface area contributed by atoms with Crippen LogP contribution in [0.15, 0.2) is 12.4 Å². The zero-order valence-electron chi connectivity index (χ0n) is 13.8. The van der Waals surface area contributed by atoms with E-state index in [9.17, 15) is 4.79 Å². The van der Waals surface area contributed by atoms with E-state index in [0.29, 0.717) is 6.54 Å². The van der Waals surface area contributed by atoms with Crippen molar-refractivity contribution in [2.75, 3.05) is 24.3 Å². The molecule has 0 spiro atoms. The van der Waals surface area contributed by atoms with Crippen LogP contribution in [-0.4, -0.2) is 44.7 Å². The number of amides is 1. The van der Waals surface area contributed by atoms with Gasteiger partial charge in [-0.05, 0) is 26.7 Å². The van der Waals surface area contributed by atoms with E-state index in [2.05, 4.69) is 20.3 Å². The molecule has 1 aliphatic heterocycles. The number of aromatic nitrogens is 3. The molecule has 0 radical (unpaired) electrons.